The summed E-state index contributed by atoms with van der Waals surface area (Å²) in [6, 6.07) is 23.7. The first-order valence-corrected chi connectivity index (χ1v) is 10.8. The van der Waals surface area contributed by atoms with Gasteiger partial charge in [-0.1, -0.05) is 48.5 Å². The van der Waals surface area contributed by atoms with Gasteiger partial charge in [-0.15, -0.1) is 11.3 Å². The summed E-state index contributed by atoms with van der Waals surface area (Å²) < 4.78 is 11.0. The van der Waals surface area contributed by atoms with Gasteiger partial charge in [-0.3, -0.25) is 0 Å². The van der Waals surface area contributed by atoms with Gasteiger partial charge < -0.3 is 9.15 Å². The summed E-state index contributed by atoms with van der Waals surface area (Å²) in [5, 5.41) is 3.23. The van der Waals surface area contributed by atoms with E-state index in [0.717, 1.165) is 16.8 Å². The van der Waals surface area contributed by atoms with Crippen LogP contribution in [-0.4, -0.2) is 11.0 Å². The number of hydrogen-bond donors (Lipinski definition) is 0. The van der Waals surface area contributed by atoms with Gasteiger partial charge in [0.2, 0.25) is 0 Å². The Morgan fingerprint density at radius 3 is 2.56 bits per heavy atom. The molecule has 0 radical (unpaired) electrons. The molecular formula is C26H17NO4S. The number of aryl methyl sites for hydroxylation is 1. The maximum atomic E-state index is 12.7. The highest BCUT2D eigenvalue weighted by atomic mass is 32.1. The Morgan fingerprint density at radius 1 is 0.969 bits per heavy atom. The molecular weight excluding hydrogens is 422 g/mol. The lowest BCUT2D eigenvalue weighted by Crippen LogP contribution is -2.10. The number of fused-ring (bicyclic) bond motifs is 1. The number of hydrogen-bond acceptors (Lipinski definition) is 6. The summed E-state index contributed by atoms with van der Waals surface area (Å²) in [5.74, 6) is -0.153. The largest absolute Gasteiger partial charge is 0.423 e. The highest BCUT2D eigenvalue weighted by Crippen LogP contribution is 2.30. The van der Waals surface area contributed by atoms with Gasteiger partial charge in [0.1, 0.15) is 16.3 Å². The van der Waals surface area contributed by atoms with E-state index in [4.69, 9.17) is 9.15 Å². The van der Waals surface area contributed by atoms with E-state index in [9.17, 15) is 9.59 Å². The predicted octanol–water partition coefficient (Wildman–Crippen LogP) is 6.11. The van der Waals surface area contributed by atoms with Crippen LogP contribution in [0.2, 0.25) is 0 Å². The van der Waals surface area contributed by atoms with E-state index < -0.39 is 11.6 Å². The van der Waals surface area contributed by atoms with Crippen LogP contribution in [0.1, 0.15) is 15.9 Å². The number of aromatic nitrogens is 1. The summed E-state index contributed by atoms with van der Waals surface area (Å²) in [6.45, 7) is 1.85. The molecule has 32 heavy (non-hydrogen) atoms. The Hall–Kier alpha value is -4.03. The van der Waals surface area contributed by atoms with E-state index in [-0.39, 0.29) is 0 Å². The predicted molar refractivity (Wildman–Crippen MR) is 125 cm³/mol. The molecule has 5 aromatic rings. The van der Waals surface area contributed by atoms with Crippen molar-refractivity contribution < 1.29 is 13.9 Å². The van der Waals surface area contributed by atoms with Crippen LogP contribution in [0.3, 0.4) is 0 Å². The van der Waals surface area contributed by atoms with Crippen LogP contribution in [0.4, 0.5) is 0 Å². The number of carbonyl (C=O) groups excluding carboxylic acids is 1. The van der Waals surface area contributed by atoms with Crippen LogP contribution in [0.25, 0.3) is 32.8 Å². The van der Waals surface area contributed by atoms with E-state index in [2.05, 4.69) is 4.98 Å². The molecule has 5 rings (SSSR count). The van der Waals surface area contributed by atoms with Gasteiger partial charge in [0.15, 0.2) is 0 Å². The number of nitrogens with zero attached hydrogens (tertiary/aromatic N) is 1. The lowest BCUT2D eigenvalue weighted by molar-refractivity contribution is 0.0734. The van der Waals surface area contributed by atoms with Gasteiger partial charge in [-0.2, -0.15) is 0 Å². The molecule has 0 unspecified atom stereocenters. The molecule has 5 nitrogen and oxygen atoms in total. The molecule has 0 aliphatic rings. The van der Waals surface area contributed by atoms with Gasteiger partial charge in [0.25, 0.3) is 0 Å². The molecule has 0 bridgehead atoms. The van der Waals surface area contributed by atoms with E-state index >= 15 is 0 Å². The van der Waals surface area contributed by atoms with Crippen molar-refractivity contribution in [2.24, 2.45) is 0 Å². The molecule has 0 saturated heterocycles. The minimum Gasteiger partial charge on any atom is -0.423 e. The first kappa shape index (κ1) is 19.9. The van der Waals surface area contributed by atoms with E-state index in [1.165, 1.54) is 11.3 Å². The zero-order chi connectivity index (χ0) is 22.1. The van der Waals surface area contributed by atoms with Crippen LogP contribution in [0.5, 0.6) is 5.75 Å². The molecule has 0 saturated carbocycles. The molecule has 6 heteroatoms. The lowest BCUT2D eigenvalue weighted by Gasteiger charge is -2.07. The van der Waals surface area contributed by atoms with Crippen molar-refractivity contribution >= 4 is 28.3 Å². The normalized spacial score (nSPS) is 10.9. The number of carbonyl (C=O) groups is 1. The molecule has 3 aromatic carbocycles. The summed E-state index contributed by atoms with van der Waals surface area (Å²) >= 11 is 1.39. The van der Waals surface area contributed by atoms with Crippen molar-refractivity contribution in [3.63, 3.8) is 0 Å². The number of thiazole rings is 1. The fourth-order valence-corrected chi connectivity index (χ4v) is 4.24. The highest BCUT2D eigenvalue weighted by molar-refractivity contribution is 7.13. The molecule has 2 heterocycles. The van der Waals surface area contributed by atoms with Crippen LogP contribution in [-0.2, 0) is 0 Å². The van der Waals surface area contributed by atoms with Crippen molar-refractivity contribution in [2.75, 3.05) is 0 Å². The van der Waals surface area contributed by atoms with Crippen LogP contribution >= 0.6 is 11.3 Å². The van der Waals surface area contributed by atoms with Crippen molar-refractivity contribution in [3.8, 4) is 27.6 Å². The molecule has 0 N–H and O–H groups in total. The lowest BCUT2D eigenvalue weighted by atomic mass is 10.1. The standard InChI is InChI=1S/C26H17NO4S/c1-16-7-5-6-10-20(16)25(28)30-19-12-11-18-13-21(26(29)31-23(18)14-19)24-27-22(15-32-24)17-8-3-2-4-9-17/h2-15H,1H3. The summed E-state index contributed by atoms with van der Waals surface area (Å²) in [4.78, 5) is 29.8. The smallest absolute Gasteiger partial charge is 0.346 e. The summed E-state index contributed by atoms with van der Waals surface area (Å²) in [7, 11) is 0. The number of benzene rings is 3. The Bertz CT molecular complexity index is 1500. The second kappa shape index (κ2) is 8.24. The minimum atomic E-state index is -0.492. The third-order valence-electron chi connectivity index (χ3n) is 5.09. The van der Waals surface area contributed by atoms with Gasteiger partial charge >= 0.3 is 11.6 Å². The Balaban J connectivity index is 1.45. The maximum absolute atomic E-state index is 12.7. The van der Waals surface area contributed by atoms with E-state index in [1.54, 1.807) is 36.4 Å². The zero-order valence-corrected chi connectivity index (χ0v) is 17.9. The SMILES string of the molecule is Cc1ccccc1C(=O)Oc1ccc2cc(-c3nc(-c4ccccc4)cs3)c(=O)oc2c1. The molecule has 156 valence electrons. The van der Waals surface area contributed by atoms with Crippen LogP contribution in [0.15, 0.2) is 93.5 Å². The first-order valence-electron chi connectivity index (χ1n) is 9.95. The van der Waals surface area contributed by atoms with Crippen molar-refractivity contribution in [1.82, 2.24) is 4.98 Å². The van der Waals surface area contributed by atoms with E-state index in [1.807, 2.05) is 54.8 Å². The number of ether oxygens (including phenoxy) is 1. The Kier molecular flexibility index (Phi) is 5.13. The monoisotopic (exact) mass is 439 g/mol. The quantitative estimate of drug-likeness (QED) is 0.192. The van der Waals surface area contributed by atoms with Gasteiger partial charge in [0.05, 0.1) is 16.8 Å². The fourth-order valence-electron chi connectivity index (χ4n) is 3.41. The van der Waals surface area contributed by atoms with Crippen LogP contribution in [0, 0.1) is 6.92 Å². The molecule has 2 aromatic heterocycles. The topological polar surface area (TPSA) is 69.4 Å². The third kappa shape index (κ3) is 3.84. The molecule has 0 amide bonds. The second-order valence-corrected chi connectivity index (χ2v) is 8.11. The molecule has 0 aliphatic carbocycles. The maximum Gasteiger partial charge on any atom is 0.346 e. The van der Waals surface area contributed by atoms with Crippen molar-refractivity contribution in [2.45, 2.75) is 6.92 Å². The Labute approximate surface area is 187 Å². The zero-order valence-electron chi connectivity index (χ0n) is 17.1. The fraction of sp³-hybridized carbons (Fsp3) is 0.0385. The summed E-state index contributed by atoms with van der Waals surface area (Å²) in [6.07, 6.45) is 0. The first-order chi connectivity index (χ1) is 15.6. The molecule has 0 aliphatic heterocycles. The van der Waals surface area contributed by atoms with Crippen molar-refractivity contribution in [1.29, 1.82) is 0 Å². The highest BCUT2D eigenvalue weighted by Gasteiger charge is 2.15. The molecule has 0 fully saturated rings. The van der Waals surface area contributed by atoms with Gasteiger partial charge in [0, 0.05) is 22.4 Å². The van der Waals surface area contributed by atoms with E-state index in [0.29, 0.717) is 32.9 Å². The molecule has 0 spiro atoms. The van der Waals surface area contributed by atoms with Crippen LogP contribution < -0.4 is 10.4 Å². The summed E-state index contributed by atoms with van der Waals surface area (Å²) in [5.41, 5.74) is 3.36. The number of esters is 1. The number of rotatable bonds is 4. The van der Waals surface area contributed by atoms with Crippen molar-refractivity contribution in [3.05, 3.63) is 106 Å². The second-order valence-electron chi connectivity index (χ2n) is 7.26. The average molecular weight is 439 g/mol. The Morgan fingerprint density at radius 2 is 1.75 bits per heavy atom. The minimum absolute atomic E-state index is 0.308. The average Bonchev–Trinajstić information content (AvgIpc) is 3.29. The third-order valence-corrected chi connectivity index (χ3v) is 5.96. The van der Waals surface area contributed by atoms with Gasteiger partial charge in [-0.25, -0.2) is 14.6 Å². The molecule has 0 atom stereocenters. The van der Waals surface area contributed by atoms with Gasteiger partial charge in [-0.05, 0) is 36.8 Å².